The lowest BCUT2D eigenvalue weighted by molar-refractivity contribution is -0.111. The Morgan fingerprint density at radius 1 is 1.00 bits per heavy atom. The van der Waals surface area contributed by atoms with Crippen molar-refractivity contribution in [1.29, 1.82) is 0 Å². The summed E-state index contributed by atoms with van der Waals surface area (Å²) in [5.41, 5.74) is 2.02. The van der Waals surface area contributed by atoms with E-state index < -0.39 is 0 Å². The van der Waals surface area contributed by atoms with Crippen LogP contribution >= 0.6 is 0 Å². The zero-order valence-corrected chi connectivity index (χ0v) is 17.4. The molecule has 6 nitrogen and oxygen atoms in total. The van der Waals surface area contributed by atoms with E-state index in [1.54, 1.807) is 44.4 Å². The minimum Gasteiger partial charge on any atom is -0.490 e. The molecule has 2 aromatic rings. The Morgan fingerprint density at radius 3 is 2.34 bits per heavy atom. The van der Waals surface area contributed by atoms with E-state index in [0.29, 0.717) is 36.0 Å². The number of amides is 2. The average molecular weight is 396 g/mol. The molecule has 2 aromatic carbocycles. The van der Waals surface area contributed by atoms with Gasteiger partial charge in [-0.2, -0.15) is 0 Å². The third-order valence-corrected chi connectivity index (χ3v) is 3.96. The number of anilines is 1. The van der Waals surface area contributed by atoms with Crippen molar-refractivity contribution >= 4 is 23.6 Å². The van der Waals surface area contributed by atoms with Crippen molar-refractivity contribution in [1.82, 2.24) is 4.90 Å². The number of benzene rings is 2. The maximum atomic E-state index is 12.2. The number of carbonyl (C=O) groups is 2. The lowest BCUT2D eigenvalue weighted by atomic mass is 10.1. The van der Waals surface area contributed by atoms with Crippen molar-refractivity contribution in [3.05, 3.63) is 59.7 Å². The molecule has 0 aliphatic carbocycles. The largest absolute Gasteiger partial charge is 0.490 e. The van der Waals surface area contributed by atoms with E-state index in [2.05, 4.69) is 5.32 Å². The molecule has 0 aliphatic heterocycles. The van der Waals surface area contributed by atoms with Gasteiger partial charge in [0, 0.05) is 31.4 Å². The molecule has 0 saturated heterocycles. The van der Waals surface area contributed by atoms with Crippen LogP contribution < -0.4 is 14.8 Å². The standard InChI is InChI=1S/C23H28N2O4/c1-5-15-29-20-13-7-17(16-21(20)28-6-2)8-14-22(26)24-19-11-9-18(10-12-19)23(27)25(3)4/h7-14,16H,5-6,15H2,1-4H3,(H,24,26). The summed E-state index contributed by atoms with van der Waals surface area (Å²) in [7, 11) is 3.39. The summed E-state index contributed by atoms with van der Waals surface area (Å²) in [6, 6.07) is 12.3. The molecule has 2 amide bonds. The number of hydrogen-bond donors (Lipinski definition) is 1. The Bertz CT molecular complexity index is 858. The van der Waals surface area contributed by atoms with E-state index in [-0.39, 0.29) is 11.8 Å². The zero-order valence-electron chi connectivity index (χ0n) is 17.4. The predicted octanol–water partition coefficient (Wildman–Crippen LogP) is 4.23. The molecule has 0 aliphatic rings. The number of nitrogens with one attached hydrogen (secondary N) is 1. The second-order valence-corrected chi connectivity index (χ2v) is 6.59. The van der Waals surface area contributed by atoms with Crippen LogP contribution in [0.4, 0.5) is 5.69 Å². The molecule has 29 heavy (non-hydrogen) atoms. The van der Waals surface area contributed by atoms with Gasteiger partial charge < -0.3 is 19.7 Å². The van der Waals surface area contributed by atoms with Gasteiger partial charge in [-0.3, -0.25) is 9.59 Å². The van der Waals surface area contributed by atoms with Crippen molar-refractivity contribution in [2.75, 3.05) is 32.6 Å². The molecule has 1 N–H and O–H groups in total. The van der Waals surface area contributed by atoms with Crippen molar-refractivity contribution in [2.45, 2.75) is 20.3 Å². The zero-order chi connectivity index (χ0) is 21.2. The van der Waals surface area contributed by atoms with Gasteiger partial charge in [0.2, 0.25) is 5.91 Å². The van der Waals surface area contributed by atoms with Crippen LogP contribution in [0.1, 0.15) is 36.2 Å². The van der Waals surface area contributed by atoms with Crippen LogP contribution in [-0.2, 0) is 4.79 Å². The highest BCUT2D eigenvalue weighted by Crippen LogP contribution is 2.29. The van der Waals surface area contributed by atoms with Crippen LogP contribution in [0.2, 0.25) is 0 Å². The summed E-state index contributed by atoms with van der Waals surface area (Å²) < 4.78 is 11.3. The Morgan fingerprint density at radius 2 is 1.72 bits per heavy atom. The van der Waals surface area contributed by atoms with Gasteiger partial charge in [-0.15, -0.1) is 0 Å². The maximum Gasteiger partial charge on any atom is 0.253 e. The Hall–Kier alpha value is -3.28. The lowest BCUT2D eigenvalue weighted by Gasteiger charge is -2.12. The third-order valence-electron chi connectivity index (χ3n) is 3.96. The quantitative estimate of drug-likeness (QED) is 0.644. The van der Waals surface area contributed by atoms with Crippen LogP contribution in [0.25, 0.3) is 6.08 Å². The molecular weight excluding hydrogens is 368 g/mol. The van der Waals surface area contributed by atoms with Crippen LogP contribution in [0.5, 0.6) is 11.5 Å². The smallest absolute Gasteiger partial charge is 0.253 e. The molecule has 0 spiro atoms. The molecule has 2 rings (SSSR count). The molecule has 0 heterocycles. The molecular formula is C23H28N2O4. The number of ether oxygens (including phenoxy) is 2. The van der Waals surface area contributed by atoms with Gasteiger partial charge in [-0.25, -0.2) is 0 Å². The summed E-state index contributed by atoms with van der Waals surface area (Å²) in [5, 5.41) is 2.78. The Kier molecular flexibility index (Phi) is 8.27. The van der Waals surface area contributed by atoms with E-state index in [9.17, 15) is 9.59 Å². The van der Waals surface area contributed by atoms with Crippen molar-refractivity contribution < 1.29 is 19.1 Å². The number of hydrogen-bond acceptors (Lipinski definition) is 4. The van der Waals surface area contributed by atoms with Gasteiger partial charge in [0.05, 0.1) is 13.2 Å². The summed E-state index contributed by atoms with van der Waals surface area (Å²) in [6.45, 7) is 5.11. The second kappa shape index (κ2) is 10.9. The normalized spacial score (nSPS) is 10.6. The molecule has 0 saturated carbocycles. The van der Waals surface area contributed by atoms with Gasteiger partial charge in [0.1, 0.15) is 0 Å². The van der Waals surface area contributed by atoms with Crippen molar-refractivity contribution in [2.24, 2.45) is 0 Å². The van der Waals surface area contributed by atoms with Gasteiger partial charge >= 0.3 is 0 Å². The Labute approximate surface area is 172 Å². The van der Waals surface area contributed by atoms with Gasteiger partial charge in [0.25, 0.3) is 5.91 Å². The highest BCUT2D eigenvalue weighted by Gasteiger charge is 2.08. The minimum absolute atomic E-state index is 0.0840. The fraction of sp³-hybridized carbons (Fsp3) is 0.304. The summed E-state index contributed by atoms with van der Waals surface area (Å²) >= 11 is 0. The monoisotopic (exact) mass is 396 g/mol. The molecule has 0 radical (unpaired) electrons. The van der Waals surface area contributed by atoms with Crippen molar-refractivity contribution in [3.8, 4) is 11.5 Å². The van der Waals surface area contributed by atoms with Gasteiger partial charge in [-0.1, -0.05) is 13.0 Å². The molecule has 0 fully saturated rings. The summed E-state index contributed by atoms with van der Waals surface area (Å²) in [4.78, 5) is 25.6. The van der Waals surface area contributed by atoms with E-state index in [1.165, 1.54) is 11.0 Å². The van der Waals surface area contributed by atoms with Crippen LogP contribution in [0.15, 0.2) is 48.5 Å². The predicted molar refractivity (Wildman–Crippen MR) is 116 cm³/mol. The van der Waals surface area contributed by atoms with Crippen molar-refractivity contribution in [3.63, 3.8) is 0 Å². The SMILES string of the molecule is CCCOc1ccc(C=CC(=O)Nc2ccc(C(=O)N(C)C)cc2)cc1OCC. The van der Waals surface area contributed by atoms with Crippen LogP contribution in [0.3, 0.4) is 0 Å². The van der Waals surface area contributed by atoms with Crippen LogP contribution in [0, 0.1) is 0 Å². The van der Waals surface area contributed by atoms with E-state index in [0.717, 1.165) is 12.0 Å². The third kappa shape index (κ3) is 6.68. The first-order valence-electron chi connectivity index (χ1n) is 9.65. The van der Waals surface area contributed by atoms with Gasteiger partial charge in [-0.05, 0) is 61.4 Å². The molecule has 0 bridgehead atoms. The fourth-order valence-corrected chi connectivity index (χ4v) is 2.54. The number of rotatable bonds is 9. The summed E-state index contributed by atoms with van der Waals surface area (Å²) in [6.07, 6.45) is 4.08. The second-order valence-electron chi connectivity index (χ2n) is 6.59. The minimum atomic E-state index is -0.263. The first-order chi connectivity index (χ1) is 13.9. The first kappa shape index (κ1) is 22.0. The van der Waals surface area contributed by atoms with E-state index in [4.69, 9.17) is 9.47 Å². The highest BCUT2D eigenvalue weighted by atomic mass is 16.5. The number of carbonyl (C=O) groups excluding carboxylic acids is 2. The molecule has 0 aromatic heterocycles. The topological polar surface area (TPSA) is 67.9 Å². The molecule has 0 unspecified atom stereocenters. The molecule has 6 heteroatoms. The van der Waals surface area contributed by atoms with E-state index >= 15 is 0 Å². The highest BCUT2D eigenvalue weighted by molar-refractivity contribution is 6.02. The average Bonchev–Trinajstić information content (AvgIpc) is 2.71. The number of nitrogens with zero attached hydrogens (tertiary/aromatic N) is 1. The van der Waals surface area contributed by atoms with Gasteiger partial charge in [0.15, 0.2) is 11.5 Å². The lowest BCUT2D eigenvalue weighted by Crippen LogP contribution is -2.21. The van der Waals surface area contributed by atoms with Crippen LogP contribution in [-0.4, -0.2) is 44.0 Å². The molecule has 0 atom stereocenters. The first-order valence-corrected chi connectivity index (χ1v) is 9.65. The Balaban J connectivity index is 2.02. The van der Waals surface area contributed by atoms with E-state index in [1.807, 2.05) is 32.0 Å². The maximum absolute atomic E-state index is 12.2. The molecule has 154 valence electrons. The summed E-state index contributed by atoms with van der Waals surface area (Å²) in [5.74, 6) is 1.01. The fourth-order valence-electron chi connectivity index (χ4n) is 2.54.